The van der Waals surface area contributed by atoms with Crippen molar-refractivity contribution in [2.75, 3.05) is 32.9 Å². The minimum absolute atomic E-state index is 0.0739. The quantitative estimate of drug-likeness (QED) is 0.718. The molecule has 0 amide bonds. The molecule has 0 saturated carbocycles. The lowest BCUT2D eigenvalue weighted by Gasteiger charge is -2.26. The van der Waals surface area contributed by atoms with Crippen LogP contribution in [0.25, 0.3) is 0 Å². The van der Waals surface area contributed by atoms with Crippen LogP contribution < -0.4 is 4.74 Å². The molecule has 25 heavy (non-hydrogen) atoms. The van der Waals surface area contributed by atoms with Gasteiger partial charge in [0.05, 0.1) is 23.0 Å². The van der Waals surface area contributed by atoms with Crippen molar-refractivity contribution in [1.82, 2.24) is 4.31 Å². The second kappa shape index (κ2) is 7.65. The van der Waals surface area contributed by atoms with E-state index in [9.17, 15) is 13.2 Å². The van der Waals surface area contributed by atoms with E-state index in [-0.39, 0.29) is 17.3 Å². The van der Waals surface area contributed by atoms with Gasteiger partial charge in [0.15, 0.2) is 6.61 Å². The van der Waals surface area contributed by atoms with Gasteiger partial charge in [0.1, 0.15) is 5.75 Å². The number of ether oxygens (including phenoxy) is 2. The number of benzene rings is 1. The summed E-state index contributed by atoms with van der Waals surface area (Å²) in [5.41, 5.74) is 0. The Labute approximate surface area is 151 Å². The van der Waals surface area contributed by atoms with Gasteiger partial charge < -0.3 is 9.47 Å². The first-order valence-corrected chi connectivity index (χ1v) is 10.1. The summed E-state index contributed by atoms with van der Waals surface area (Å²) in [4.78, 5) is 14.0. The van der Waals surface area contributed by atoms with Crippen molar-refractivity contribution in [3.63, 3.8) is 0 Å². The second-order valence-corrected chi connectivity index (χ2v) is 8.84. The highest BCUT2D eigenvalue weighted by Crippen LogP contribution is 2.21. The maximum Gasteiger partial charge on any atom is 0.243 e. The molecule has 1 aromatic heterocycles. The van der Waals surface area contributed by atoms with Gasteiger partial charge in [-0.3, -0.25) is 4.79 Å². The van der Waals surface area contributed by atoms with Crippen molar-refractivity contribution in [2.24, 2.45) is 0 Å². The number of morpholine rings is 1. The highest BCUT2D eigenvalue weighted by atomic mass is 32.2. The van der Waals surface area contributed by atoms with Crippen LogP contribution in [0.2, 0.25) is 0 Å². The molecule has 1 aliphatic rings. The number of carbonyl (C=O) groups excluding carboxylic acids is 1. The van der Waals surface area contributed by atoms with Crippen molar-refractivity contribution in [1.29, 1.82) is 0 Å². The lowest BCUT2D eigenvalue weighted by atomic mass is 10.3. The number of nitrogens with zero attached hydrogens (tertiary/aromatic N) is 1. The predicted molar refractivity (Wildman–Crippen MR) is 94.9 cm³/mol. The Kier molecular flexibility index (Phi) is 5.53. The SMILES string of the molecule is Cc1ccc(C(=O)COc2ccc(S(=O)(=O)N3CCOCC3)cc2)s1. The van der Waals surface area contributed by atoms with Crippen LogP contribution in [0.3, 0.4) is 0 Å². The lowest BCUT2D eigenvalue weighted by molar-refractivity contribution is 0.0730. The van der Waals surface area contributed by atoms with E-state index in [1.54, 1.807) is 18.2 Å². The van der Waals surface area contributed by atoms with Gasteiger partial charge in [0.2, 0.25) is 15.8 Å². The Bertz CT molecular complexity index is 836. The largest absolute Gasteiger partial charge is 0.485 e. The van der Waals surface area contributed by atoms with E-state index in [1.165, 1.54) is 27.8 Å². The number of rotatable bonds is 6. The highest BCUT2D eigenvalue weighted by Gasteiger charge is 2.26. The third-order valence-corrected chi connectivity index (χ3v) is 6.77. The van der Waals surface area contributed by atoms with Crippen LogP contribution in [-0.2, 0) is 14.8 Å². The van der Waals surface area contributed by atoms with E-state index >= 15 is 0 Å². The minimum Gasteiger partial charge on any atom is -0.485 e. The molecule has 0 unspecified atom stereocenters. The van der Waals surface area contributed by atoms with Gasteiger partial charge in [0.25, 0.3) is 0 Å². The zero-order valence-corrected chi connectivity index (χ0v) is 15.4. The zero-order chi connectivity index (χ0) is 17.9. The standard InChI is InChI=1S/C17H19NO5S2/c1-13-2-7-17(24-13)16(19)12-23-14-3-5-15(6-4-14)25(20,21)18-8-10-22-11-9-18/h2-7H,8-12H2,1H3. The molecule has 6 nitrogen and oxygen atoms in total. The number of hydrogen-bond acceptors (Lipinski definition) is 6. The molecule has 8 heteroatoms. The molecule has 0 bridgehead atoms. The molecule has 2 heterocycles. The molecule has 1 aliphatic heterocycles. The summed E-state index contributed by atoms with van der Waals surface area (Å²) in [5, 5.41) is 0. The van der Waals surface area contributed by atoms with Crippen LogP contribution in [0.5, 0.6) is 5.75 Å². The molecule has 1 fully saturated rings. The average Bonchev–Trinajstić information content (AvgIpc) is 3.07. The van der Waals surface area contributed by atoms with Gasteiger partial charge in [-0.1, -0.05) is 0 Å². The first-order valence-electron chi connectivity index (χ1n) is 7.87. The Morgan fingerprint density at radius 1 is 1.16 bits per heavy atom. The average molecular weight is 381 g/mol. The molecule has 0 radical (unpaired) electrons. The Balaban J connectivity index is 1.63. The summed E-state index contributed by atoms with van der Waals surface area (Å²) in [5.74, 6) is 0.366. The van der Waals surface area contributed by atoms with Gasteiger partial charge >= 0.3 is 0 Å². The van der Waals surface area contributed by atoms with Crippen LogP contribution in [0, 0.1) is 6.92 Å². The summed E-state index contributed by atoms with van der Waals surface area (Å²) in [6, 6.07) is 9.81. The topological polar surface area (TPSA) is 72.9 Å². The maximum atomic E-state index is 12.5. The van der Waals surface area contributed by atoms with Crippen LogP contribution in [0.1, 0.15) is 14.5 Å². The molecular formula is C17H19NO5S2. The van der Waals surface area contributed by atoms with Gasteiger partial charge in [-0.15, -0.1) is 11.3 Å². The number of sulfonamides is 1. The third-order valence-electron chi connectivity index (χ3n) is 3.82. The van der Waals surface area contributed by atoms with Gasteiger partial charge in [-0.05, 0) is 43.3 Å². The Morgan fingerprint density at radius 2 is 1.84 bits per heavy atom. The number of ketones is 1. The lowest BCUT2D eigenvalue weighted by Crippen LogP contribution is -2.40. The van der Waals surface area contributed by atoms with E-state index in [2.05, 4.69) is 0 Å². The number of Topliss-reactive ketones (excluding diaryl/α,β-unsaturated/α-hetero) is 1. The molecule has 0 atom stereocenters. The van der Waals surface area contributed by atoms with Crippen molar-refractivity contribution in [3.8, 4) is 5.75 Å². The molecule has 0 aliphatic carbocycles. The third kappa shape index (κ3) is 4.27. The predicted octanol–water partition coefficient (Wildman–Crippen LogP) is 2.34. The molecule has 1 saturated heterocycles. The summed E-state index contributed by atoms with van der Waals surface area (Å²) < 4.78 is 37.1. The first-order chi connectivity index (χ1) is 12.0. The number of carbonyl (C=O) groups is 1. The Hall–Kier alpha value is -1.74. The fourth-order valence-corrected chi connectivity index (χ4v) is 4.65. The summed E-state index contributed by atoms with van der Waals surface area (Å²) >= 11 is 1.43. The first kappa shape index (κ1) is 18.1. The van der Waals surface area contributed by atoms with E-state index in [0.717, 1.165) is 4.88 Å². The molecule has 2 aromatic rings. The summed E-state index contributed by atoms with van der Waals surface area (Å²) in [7, 11) is -3.52. The molecule has 134 valence electrons. The molecule has 0 spiro atoms. The second-order valence-electron chi connectivity index (χ2n) is 5.61. The number of hydrogen-bond donors (Lipinski definition) is 0. The van der Waals surface area contributed by atoms with Crippen LogP contribution in [-0.4, -0.2) is 51.4 Å². The molecule has 3 rings (SSSR count). The van der Waals surface area contributed by atoms with Crippen LogP contribution in [0.4, 0.5) is 0 Å². The maximum absolute atomic E-state index is 12.5. The summed E-state index contributed by atoms with van der Waals surface area (Å²) in [6.45, 7) is 3.39. The van der Waals surface area contributed by atoms with Crippen LogP contribution in [0.15, 0.2) is 41.3 Å². The van der Waals surface area contributed by atoms with Gasteiger partial charge in [0, 0.05) is 18.0 Å². The van der Waals surface area contributed by atoms with Crippen molar-refractivity contribution < 1.29 is 22.7 Å². The van der Waals surface area contributed by atoms with Crippen molar-refractivity contribution in [3.05, 3.63) is 46.2 Å². The zero-order valence-electron chi connectivity index (χ0n) is 13.8. The minimum atomic E-state index is -3.52. The van der Waals surface area contributed by atoms with E-state index in [1.807, 2.05) is 13.0 Å². The molecule has 1 aromatic carbocycles. The van der Waals surface area contributed by atoms with Crippen molar-refractivity contribution >= 4 is 27.1 Å². The van der Waals surface area contributed by atoms with Gasteiger partial charge in [-0.2, -0.15) is 4.31 Å². The highest BCUT2D eigenvalue weighted by molar-refractivity contribution is 7.89. The Morgan fingerprint density at radius 3 is 2.44 bits per heavy atom. The number of aryl methyl sites for hydroxylation is 1. The monoisotopic (exact) mass is 381 g/mol. The van der Waals surface area contributed by atoms with Crippen LogP contribution >= 0.6 is 11.3 Å². The van der Waals surface area contributed by atoms with E-state index in [0.29, 0.717) is 36.9 Å². The molecule has 0 N–H and O–H groups in total. The van der Waals surface area contributed by atoms with Gasteiger partial charge in [-0.25, -0.2) is 8.42 Å². The number of thiophene rings is 1. The fourth-order valence-electron chi connectivity index (χ4n) is 2.45. The van der Waals surface area contributed by atoms with E-state index in [4.69, 9.17) is 9.47 Å². The fraction of sp³-hybridized carbons (Fsp3) is 0.353. The van der Waals surface area contributed by atoms with E-state index < -0.39 is 10.0 Å². The molecular weight excluding hydrogens is 362 g/mol. The normalized spacial score (nSPS) is 15.9. The summed E-state index contributed by atoms with van der Waals surface area (Å²) in [6.07, 6.45) is 0. The van der Waals surface area contributed by atoms with Crippen molar-refractivity contribution in [2.45, 2.75) is 11.8 Å². The smallest absolute Gasteiger partial charge is 0.243 e.